The molecular formula is C26H27NO4S. The fraction of sp³-hybridized carbons (Fsp3) is 0.346. The molecule has 1 saturated carbocycles. The number of thiophene rings is 1. The molecule has 1 amide bonds. The third kappa shape index (κ3) is 3.78. The molecule has 0 unspecified atom stereocenters. The first kappa shape index (κ1) is 21.0. The summed E-state index contributed by atoms with van der Waals surface area (Å²) in [6, 6.07) is 15.6. The van der Waals surface area contributed by atoms with Gasteiger partial charge in [-0.1, -0.05) is 31.0 Å². The molecule has 0 spiro atoms. The molecule has 5 nitrogen and oxygen atoms in total. The van der Waals surface area contributed by atoms with Crippen molar-refractivity contribution in [3.8, 4) is 11.5 Å². The second-order valence-electron chi connectivity index (χ2n) is 8.30. The van der Waals surface area contributed by atoms with Crippen molar-refractivity contribution in [3.63, 3.8) is 0 Å². The first-order valence-electron chi connectivity index (χ1n) is 11.0. The van der Waals surface area contributed by atoms with Crippen LogP contribution < -0.4 is 14.8 Å². The van der Waals surface area contributed by atoms with E-state index in [1.54, 1.807) is 14.2 Å². The van der Waals surface area contributed by atoms with E-state index in [0.29, 0.717) is 10.8 Å². The number of hydrogen-bond acceptors (Lipinski definition) is 5. The Morgan fingerprint density at radius 2 is 1.78 bits per heavy atom. The topological polar surface area (TPSA) is 56.8 Å². The van der Waals surface area contributed by atoms with Crippen LogP contribution in [0, 0.1) is 0 Å². The number of benzene rings is 2. The zero-order valence-corrected chi connectivity index (χ0v) is 19.1. The molecule has 1 aliphatic carbocycles. The van der Waals surface area contributed by atoms with Gasteiger partial charge in [-0.25, -0.2) is 0 Å². The van der Waals surface area contributed by atoms with Crippen LogP contribution in [0.4, 0.5) is 5.69 Å². The van der Waals surface area contributed by atoms with Gasteiger partial charge in [0.15, 0.2) is 0 Å². The molecule has 1 N–H and O–H groups in total. The van der Waals surface area contributed by atoms with Crippen molar-refractivity contribution in [1.29, 1.82) is 0 Å². The maximum Gasteiger partial charge on any atom is 0.265 e. The van der Waals surface area contributed by atoms with Crippen LogP contribution in [0.15, 0.2) is 53.9 Å². The molecule has 32 heavy (non-hydrogen) atoms. The molecular weight excluding hydrogens is 422 g/mol. The van der Waals surface area contributed by atoms with E-state index >= 15 is 0 Å². The number of ether oxygens (including phenoxy) is 3. The first-order valence-corrected chi connectivity index (χ1v) is 11.9. The van der Waals surface area contributed by atoms with E-state index in [4.69, 9.17) is 14.2 Å². The maximum absolute atomic E-state index is 12.6. The van der Waals surface area contributed by atoms with Crippen LogP contribution in [0.3, 0.4) is 0 Å². The molecule has 2 aromatic carbocycles. The van der Waals surface area contributed by atoms with E-state index in [9.17, 15) is 4.79 Å². The van der Waals surface area contributed by atoms with Crippen LogP contribution in [0.1, 0.15) is 64.1 Å². The number of hydrogen-bond donors (Lipinski definition) is 1. The van der Waals surface area contributed by atoms with Crippen LogP contribution in [-0.2, 0) is 4.74 Å². The van der Waals surface area contributed by atoms with E-state index in [-0.39, 0.29) is 18.1 Å². The van der Waals surface area contributed by atoms with Gasteiger partial charge < -0.3 is 19.5 Å². The Hall–Kier alpha value is -2.83. The van der Waals surface area contributed by atoms with Crippen molar-refractivity contribution in [2.75, 3.05) is 19.5 Å². The van der Waals surface area contributed by atoms with Gasteiger partial charge in [0.1, 0.15) is 17.6 Å². The molecule has 166 valence electrons. The molecule has 2 aliphatic rings. The minimum absolute atomic E-state index is 0.103. The lowest BCUT2D eigenvalue weighted by Gasteiger charge is -2.42. The highest BCUT2D eigenvalue weighted by Crippen LogP contribution is 2.53. The van der Waals surface area contributed by atoms with E-state index in [2.05, 4.69) is 11.4 Å². The minimum atomic E-state index is -0.284. The quantitative estimate of drug-likeness (QED) is 0.507. The summed E-state index contributed by atoms with van der Waals surface area (Å²) in [5.41, 5.74) is 3.99. The SMILES string of the molecule is COc1ccc(OC)c2c1[C@H](c1cccc(NC(=O)c3cccs3)c1)O[C@@H]1CCCC[C@H]21. The van der Waals surface area contributed by atoms with Gasteiger partial charge in [-0.3, -0.25) is 4.79 Å². The summed E-state index contributed by atoms with van der Waals surface area (Å²) in [5.74, 6) is 1.91. The van der Waals surface area contributed by atoms with Gasteiger partial charge in [-0.2, -0.15) is 0 Å². The molecule has 0 saturated heterocycles. The molecule has 3 atom stereocenters. The number of rotatable bonds is 5. The Balaban J connectivity index is 1.56. The molecule has 1 aromatic heterocycles. The van der Waals surface area contributed by atoms with Gasteiger partial charge in [-0.05, 0) is 54.1 Å². The highest BCUT2D eigenvalue weighted by Gasteiger charge is 2.41. The number of amides is 1. The molecule has 0 radical (unpaired) electrons. The second-order valence-corrected chi connectivity index (χ2v) is 9.25. The summed E-state index contributed by atoms with van der Waals surface area (Å²) in [6.07, 6.45) is 4.35. The largest absolute Gasteiger partial charge is 0.496 e. The molecule has 1 aliphatic heterocycles. The molecule has 5 rings (SSSR count). The van der Waals surface area contributed by atoms with Crippen LogP contribution in [-0.4, -0.2) is 26.2 Å². The van der Waals surface area contributed by atoms with Gasteiger partial charge >= 0.3 is 0 Å². The summed E-state index contributed by atoms with van der Waals surface area (Å²) >= 11 is 1.43. The molecule has 6 heteroatoms. The highest BCUT2D eigenvalue weighted by atomic mass is 32.1. The average molecular weight is 450 g/mol. The average Bonchev–Trinajstić information content (AvgIpc) is 3.38. The van der Waals surface area contributed by atoms with E-state index < -0.39 is 0 Å². The molecule has 3 aromatic rings. The number of carbonyl (C=O) groups is 1. The standard InChI is InChI=1S/C26H27NO4S/c1-29-20-12-13-21(30-2)24-23(20)18-9-3-4-10-19(18)31-25(24)16-7-5-8-17(15-16)27-26(28)22-11-6-14-32-22/h5-8,11-15,18-19,25H,3-4,9-10H2,1-2H3,(H,27,28)/t18-,19+,25-/m0/s1. The number of fused-ring (bicyclic) bond motifs is 3. The highest BCUT2D eigenvalue weighted by molar-refractivity contribution is 7.12. The van der Waals surface area contributed by atoms with Gasteiger partial charge in [-0.15, -0.1) is 11.3 Å². The van der Waals surface area contributed by atoms with E-state index in [0.717, 1.165) is 41.2 Å². The van der Waals surface area contributed by atoms with Crippen molar-refractivity contribution < 1.29 is 19.0 Å². The Morgan fingerprint density at radius 3 is 2.53 bits per heavy atom. The predicted molar refractivity (Wildman–Crippen MR) is 126 cm³/mol. The predicted octanol–water partition coefficient (Wildman–Crippen LogP) is 6.16. The Kier molecular flexibility index (Phi) is 5.89. The summed E-state index contributed by atoms with van der Waals surface area (Å²) in [5, 5.41) is 4.92. The minimum Gasteiger partial charge on any atom is -0.496 e. The molecule has 0 bridgehead atoms. The van der Waals surface area contributed by atoms with Gasteiger partial charge in [0.2, 0.25) is 0 Å². The number of nitrogens with one attached hydrogen (secondary N) is 1. The van der Waals surface area contributed by atoms with Crippen molar-refractivity contribution in [3.05, 3.63) is 75.5 Å². The fourth-order valence-corrected chi connectivity index (χ4v) is 5.68. The first-order chi connectivity index (χ1) is 15.7. The second kappa shape index (κ2) is 8.96. The van der Waals surface area contributed by atoms with Gasteiger partial charge in [0, 0.05) is 22.7 Å². The lowest BCUT2D eigenvalue weighted by atomic mass is 9.75. The van der Waals surface area contributed by atoms with Crippen LogP contribution >= 0.6 is 11.3 Å². The zero-order chi connectivity index (χ0) is 22.1. The zero-order valence-electron chi connectivity index (χ0n) is 18.3. The summed E-state index contributed by atoms with van der Waals surface area (Å²) in [6.45, 7) is 0. The summed E-state index contributed by atoms with van der Waals surface area (Å²) in [4.78, 5) is 13.3. The van der Waals surface area contributed by atoms with Crippen molar-refractivity contribution in [2.24, 2.45) is 0 Å². The van der Waals surface area contributed by atoms with Gasteiger partial charge in [0.25, 0.3) is 5.91 Å². The van der Waals surface area contributed by atoms with Crippen LogP contribution in [0.2, 0.25) is 0 Å². The van der Waals surface area contributed by atoms with Crippen LogP contribution in [0.25, 0.3) is 0 Å². The molecule has 2 heterocycles. The summed E-state index contributed by atoms with van der Waals surface area (Å²) < 4.78 is 18.3. The Morgan fingerprint density at radius 1 is 1.00 bits per heavy atom. The maximum atomic E-state index is 12.6. The van der Waals surface area contributed by atoms with Crippen molar-refractivity contribution in [1.82, 2.24) is 0 Å². The Bertz CT molecular complexity index is 1110. The van der Waals surface area contributed by atoms with Crippen molar-refractivity contribution in [2.45, 2.75) is 43.8 Å². The van der Waals surface area contributed by atoms with Crippen molar-refractivity contribution >= 4 is 22.9 Å². The van der Waals surface area contributed by atoms with Gasteiger partial charge in [0.05, 0.1) is 25.2 Å². The Labute approximate surface area is 192 Å². The van der Waals surface area contributed by atoms with E-state index in [1.807, 2.05) is 47.8 Å². The smallest absolute Gasteiger partial charge is 0.265 e. The third-order valence-electron chi connectivity index (χ3n) is 6.49. The van der Waals surface area contributed by atoms with Crippen LogP contribution in [0.5, 0.6) is 11.5 Å². The molecule has 1 fully saturated rings. The lowest BCUT2D eigenvalue weighted by Crippen LogP contribution is -2.34. The monoisotopic (exact) mass is 449 g/mol. The lowest BCUT2D eigenvalue weighted by molar-refractivity contribution is -0.0406. The number of carbonyl (C=O) groups excluding carboxylic acids is 1. The third-order valence-corrected chi connectivity index (χ3v) is 7.35. The number of methoxy groups -OCH3 is 2. The number of anilines is 1. The van der Waals surface area contributed by atoms with E-state index in [1.165, 1.54) is 29.7 Å². The fourth-order valence-electron chi connectivity index (χ4n) is 5.06. The normalized spacial score (nSPS) is 21.9. The summed E-state index contributed by atoms with van der Waals surface area (Å²) in [7, 11) is 3.43.